The summed E-state index contributed by atoms with van der Waals surface area (Å²) >= 11 is 4.86. The Kier molecular flexibility index (Phi) is 5.23. The molecule has 0 saturated heterocycles. The molecule has 3 nitrogen and oxygen atoms in total. The van der Waals surface area contributed by atoms with E-state index in [0.29, 0.717) is 5.13 Å². The van der Waals surface area contributed by atoms with Crippen LogP contribution in [0.3, 0.4) is 0 Å². The third-order valence-corrected chi connectivity index (χ3v) is 4.61. The summed E-state index contributed by atoms with van der Waals surface area (Å²) in [6.07, 6.45) is 3.31. The molecule has 0 aliphatic carbocycles. The van der Waals surface area contributed by atoms with E-state index in [4.69, 9.17) is 0 Å². The minimum Gasteiger partial charge on any atom is -0.298 e. The Hall–Kier alpha value is -2.24. The Morgan fingerprint density at radius 2 is 2.00 bits per heavy atom. The standard InChI is InChI=1S/C19H15BrN2OS/c1-13-5-7-14(8-6-13)9-10-18(23)22-19-21-17(12-24-19)15-3-2-4-16(20)11-15/h2-12H,1H3,(H,21,22,23)/b10-9+. The SMILES string of the molecule is Cc1ccc(/C=C/C(=O)Nc2nc(-c3cccc(Br)c3)cs2)cc1. The van der Waals surface area contributed by atoms with Gasteiger partial charge in [0.2, 0.25) is 5.91 Å². The normalized spacial score (nSPS) is 10.9. The van der Waals surface area contributed by atoms with E-state index in [9.17, 15) is 4.79 Å². The van der Waals surface area contributed by atoms with Gasteiger partial charge in [0, 0.05) is 21.5 Å². The Labute approximate surface area is 153 Å². The predicted octanol–water partition coefficient (Wildman–Crippen LogP) is 5.53. The number of aromatic nitrogens is 1. The molecule has 1 heterocycles. The third kappa shape index (κ3) is 4.40. The number of anilines is 1. The molecule has 120 valence electrons. The van der Waals surface area contributed by atoms with Crippen LogP contribution in [0.25, 0.3) is 17.3 Å². The van der Waals surface area contributed by atoms with Gasteiger partial charge in [0.25, 0.3) is 0 Å². The van der Waals surface area contributed by atoms with Crippen LogP contribution in [0.2, 0.25) is 0 Å². The van der Waals surface area contributed by atoms with Crippen molar-refractivity contribution < 1.29 is 4.79 Å². The lowest BCUT2D eigenvalue weighted by molar-refractivity contribution is -0.111. The van der Waals surface area contributed by atoms with E-state index >= 15 is 0 Å². The molecule has 3 aromatic rings. The average Bonchev–Trinajstić information content (AvgIpc) is 3.03. The smallest absolute Gasteiger partial charge is 0.250 e. The van der Waals surface area contributed by atoms with Crippen LogP contribution in [0, 0.1) is 6.92 Å². The van der Waals surface area contributed by atoms with Gasteiger partial charge < -0.3 is 0 Å². The van der Waals surface area contributed by atoms with Gasteiger partial charge in [-0.1, -0.05) is 57.9 Å². The maximum Gasteiger partial charge on any atom is 0.250 e. The third-order valence-electron chi connectivity index (χ3n) is 3.36. The van der Waals surface area contributed by atoms with Crippen LogP contribution in [0.15, 0.2) is 64.5 Å². The molecule has 0 atom stereocenters. The number of benzene rings is 2. The van der Waals surface area contributed by atoms with Crippen molar-refractivity contribution in [3.8, 4) is 11.3 Å². The molecule has 0 aliphatic rings. The summed E-state index contributed by atoms with van der Waals surface area (Å²) in [5, 5.41) is 5.32. The Morgan fingerprint density at radius 3 is 2.75 bits per heavy atom. The fourth-order valence-electron chi connectivity index (χ4n) is 2.11. The van der Waals surface area contributed by atoms with Crippen molar-refractivity contribution in [3.05, 3.63) is 75.6 Å². The molecule has 1 aromatic heterocycles. The first-order valence-electron chi connectivity index (χ1n) is 7.37. The van der Waals surface area contributed by atoms with Crippen molar-refractivity contribution in [2.45, 2.75) is 6.92 Å². The van der Waals surface area contributed by atoms with Crippen LogP contribution in [-0.4, -0.2) is 10.9 Å². The van der Waals surface area contributed by atoms with Gasteiger partial charge in [0.15, 0.2) is 5.13 Å². The van der Waals surface area contributed by atoms with Crippen LogP contribution in [0.4, 0.5) is 5.13 Å². The first-order valence-corrected chi connectivity index (χ1v) is 9.04. The number of hydrogen-bond acceptors (Lipinski definition) is 3. The first kappa shape index (κ1) is 16.6. The molecule has 0 radical (unpaired) electrons. The number of amides is 1. The maximum atomic E-state index is 12.0. The number of hydrogen-bond donors (Lipinski definition) is 1. The van der Waals surface area contributed by atoms with Gasteiger partial charge in [-0.25, -0.2) is 4.98 Å². The predicted molar refractivity (Wildman–Crippen MR) is 104 cm³/mol. The van der Waals surface area contributed by atoms with Crippen molar-refractivity contribution in [2.75, 3.05) is 5.32 Å². The second-order valence-corrected chi connectivity index (χ2v) is 7.06. The number of nitrogens with one attached hydrogen (secondary N) is 1. The second kappa shape index (κ2) is 7.55. The van der Waals surface area contributed by atoms with Gasteiger partial charge in [0.1, 0.15) is 0 Å². The van der Waals surface area contributed by atoms with Crippen molar-refractivity contribution in [1.82, 2.24) is 4.98 Å². The number of carbonyl (C=O) groups is 1. The quantitative estimate of drug-likeness (QED) is 0.586. The molecule has 1 amide bonds. The van der Waals surface area contributed by atoms with Crippen LogP contribution < -0.4 is 5.32 Å². The fraction of sp³-hybridized carbons (Fsp3) is 0.0526. The number of rotatable bonds is 4. The van der Waals surface area contributed by atoms with E-state index < -0.39 is 0 Å². The summed E-state index contributed by atoms with van der Waals surface area (Å²) in [6, 6.07) is 15.9. The first-order chi connectivity index (χ1) is 11.6. The van der Waals surface area contributed by atoms with Gasteiger partial charge in [-0.2, -0.15) is 0 Å². The highest BCUT2D eigenvalue weighted by Gasteiger charge is 2.06. The van der Waals surface area contributed by atoms with Crippen molar-refractivity contribution in [3.63, 3.8) is 0 Å². The Bertz CT molecular complexity index is 884. The highest BCUT2D eigenvalue weighted by Crippen LogP contribution is 2.26. The van der Waals surface area contributed by atoms with Crippen LogP contribution in [0.5, 0.6) is 0 Å². The molecule has 0 aliphatic heterocycles. The van der Waals surface area contributed by atoms with Crippen LogP contribution in [0.1, 0.15) is 11.1 Å². The largest absolute Gasteiger partial charge is 0.298 e. The summed E-state index contributed by atoms with van der Waals surface area (Å²) < 4.78 is 1.000. The molecule has 0 bridgehead atoms. The van der Waals surface area contributed by atoms with Gasteiger partial charge in [0.05, 0.1) is 5.69 Å². The molecular weight excluding hydrogens is 384 g/mol. The van der Waals surface area contributed by atoms with Crippen LogP contribution in [-0.2, 0) is 4.79 Å². The maximum absolute atomic E-state index is 12.0. The molecule has 3 rings (SSSR count). The van der Waals surface area contributed by atoms with E-state index in [1.54, 1.807) is 6.08 Å². The molecule has 0 saturated carbocycles. The minimum absolute atomic E-state index is 0.189. The Morgan fingerprint density at radius 1 is 1.21 bits per heavy atom. The molecule has 5 heteroatoms. The number of thiazole rings is 1. The molecule has 1 N–H and O–H groups in total. The zero-order chi connectivity index (χ0) is 16.9. The summed E-state index contributed by atoms with van der Waals surface area (Å²) in [7, 11) is 0. The second-order valence-electron chi connectivity index (χ2n) is 5.28. The van der Waals surface area contributed by atoms with Gasteiger partial charge in [-0.15, -0.1) is 11.3 Å². The average molecular weight is 399 g/mol. The van der Waals surface area contributed by atoms with Gasteiger partial charge >= 0.3 is 0 Å². The van der Waals surface area contributed by atoms with E-state index in [-0.39, 0.29) is 5.91 Å². The number of aryl methyl sites for hydroxylation is 1. The lowest BCUT2D eigenvalue weighted by Crippen LogP contribution is -2.07. The summed E-state index contributed by atoms with van der Waals surface area (Å²) in [5.41, 5.74) is 4.04. The lowest BCUT2D eigenvalue weighted by atomic mass is 10.1. The van der Waals surface area contributed by atoms with E-state index in [2.05, 4.69) is 26.2 Å². The van der Waals surface area contributed by atoms with Crippen molar-refractivity contribution in [1.29, 1.82) is 0 Å². The van der Waals surface area contributed by atoms with E-state index in [0.717, 1.165) is 21.3 Å². The summed E-state index contributed by atoms with van der Waals surface area (Å²) in [4.78, 5) is 16.5. The van der Waals surface area contributed by atoms with Crippen LogP contribution >= 0.6 is 27.3 Å². The van der Waals surface area contributed by atoms with Gasteiger partial charge in [-0.05, 0) is 30.7 Å². The zero-order valence-corrected chi connectivity index (χ0v) is 15.4. The molecular formula is C19H15BrN2OS. The molecule has 0 fully saturated rings. The topological polar surface area (TPSA) is 42.0 Å². The van der Waals surface area contributed by atoms with Crippen molar-refractivity contribution >= 4 is 44.4 Å². The number of nitrogens with zero attached hydrogens (tertiary/aromatic N) is 1. The molecule has 0 unspecified atom stereocenters. The number of carbonyl (C=O) groups excluding carboxylic acids is 1. The van der Waals surface area contributed by atoms with Gasteiger partial charge in [-0.3, -0.25) is 10.1 Å². The highest BCUT2D eigenvalue weighted by molar-refractivity contribution is 9.10. The fourth-order valence-corrected chi connectivity index (χ4v) is 3.23. The van der Waals surface area contributed by atoms with E-state index in [1.807, 2.05) is 60.8 Å². The molecule has 2 aromatic carbocycles. The Balaban J connectivity index is 1.66. The summed E-state index contributed by atoms with van der Waals surface area (Å²) in [5.74, 6) is -0.189. The lowest BCUT2D eigenvalue weighted by Gasteiger charge is -1.98. The highest BCUT2D eigenvalue weighted by atomic mass is 79.9. The molecule has 24 heavy (non-hydrogen) atoms. The van der Waals surface area contributed by atoms with Crippen molar-refractivity contribution in [2.24, 2.45) is 0 Å². The minimum atomic E-state index is -0.189. The molecule has 0 spiro atoms. The zero-order valence-electron chi connectivity index (χ0n) is 13.0. The number of halogens is 1. The van der Waals surface area contributed by atoms with E-state index in [1.165, 1.54) is 23.0 Å². The summed E-state index contributed by atoms with van der Waals surface area (Å²) in [6.45, 7) is 2.03. The monoisotopic (exact) mass is 398 g/mol.